The Morgan fingerprint density at radius 3 is 2.68 bits per heavy atom. The minimum atomic E-state index is -0.592. The first-order valence-corrected chi connectivity index (χ1v) is 5.76. The molecule has 0 bridgehead atoms. The van der Waals surface area contributed by atoms with E-state index in [1.165, 1.54) is 25.3 Å². The van der Waals surface area contributed by atoms with Crippen molar-refractivity contribution in [1.82, 2.24) is 10.2 Å². The summed E-state index contributed by atoms with van der Waals surface area (Å²) in [6.45, 7) is 1.59. The number of amides is 3. The Hall–Kier alpha value is -2.21. The predicted molar refractivity (Wildman–Crippen MR) is 70.4 cm³/mol. The van der Waals surface area contributed by atoms with Crippen LogP contribution in [0.2, 0.25) is 0 Å². The normalized spacial score (nSPS) is 10.5. The summed E-state index contributed by atoms with van der Waals surface area (Å²) in [6, 6.07) is 5.55. The Morgan fingerprint density at radius 1 is 1.42 bits per heavy atom. The van der Waals surface area contributed by atoms with Gasteiger partial charge < -0.3 is 11.1 Å². The molecule has 0 fully saturated rings. The van der Waals surface area contributed by atoms with Gasteiger partial charge in [-0.25, -0.2) is 9.18 Å². The molecule has 0 unspecified atom stereocenters. The van der Waals surface area contributed by atoms with Crippen molar-refractivity contribution in [1.29, 1.82) is 0 Å². The lowest BCUT2D eigenvalue weighted by Crippen LogP contribution is -2.43. The number of hydrogen-bond acceptors (Lipinski definition) is 3. The van der Waals surface area contributed by atoms with Crippen LogP contribution in [-0.2, 0) is 4.79 Å². The molecule has 0 atom stereocenters. The SMILES string of the molecule is CC(=O)N(CCN)C(=O)N/C=C/c1ccccc1F. The highest BCUT2D eigenvalue weighted by atomic mass is 19.1. The Kier molecular flexibility index (Phi) is 5.69. The van der Waals surface area contributed by atoms with E-state index in [1.54, 1.807) is 18.2 Å². The number of carbonyl (C=O) groups excluding carboxylic acids is 2. The number of hydrogen-bond donors (Lipinski definition) is 2. The maximum absolute atomic E-state index is 13.3. The van der Waals surface area contributed by atoms with Gasteiger partial charge in [-0.15, -0.1) is 0 Å². The van der Waals surface area contributed by atoms with Crippen molar-refractivity contribution in [2.75, 3.05) is 13.1 Å². The van der Waals surface area contributed by atoms with Gasteiger partial charge in [0.05, 0.1) is 0 Å². The lowest BCUT2D eigenvalue weighted by molar-refractivity contribution is -0.125. The second-order valence-corrected chi connectivity index (χ2v) is 3.76. The topological polar surface area (TPSA) is 75.4 Å². The standard InChI is InChI=1S/C13H16FN3O2/c1-10(18)17(9-7-15)13(19)16-8-6-11-4-2-3-5-12(11)14/h2-6,8H,7,9,15H2,1H3,(H,16,19)/b8-6+. The third kappa shape index (κ3) is 4.51. The molecule has 1 rings (SSSR count). The maximum atomic E-state index is 13.3. The van der Waals surface area contributed by atoms with E-state index in [-0.39, 0.29) is 13.1 Å². The van der Waals surface area contributed by atoms with Crippen LogP contribution in [0.15, 0.2) is 30.5 Å². The number of nitrogens with one attached hydrogen (secondary N) is 1. The molecule has 0 aromatic heterocycles. The Labute approximate surface area is 110 Å². The van der Waals surface area contributed by atoms with Crippen LogP contribution in [0, 0.1) is 5.82 Å². The fraction of sp³-hybridized carbons (Fsp3) is 0.231. The van der Waals surface area contributed by atoms with Gasteiger partial charge >= 0.3 is 6.03 Å². The molecule has 0 saturated heterocycles. The van der Waals surface area contributed by atoms with E-state index in [0.29, 0.717) is 5.56 Å². The zero-order valence-electron chi connectivity index (χ0n) is 10.6. The maximum Gasteiger partial charge on any atom is 0.328 e. The summed E-state index contributed by atoms with van der Waals surface area (Å²) in [4.78, 5) is 23.8. The van der Waals surface area contributed by atoms with Crippen molar-refractivity contribution in [3.05, 3.63) is 41.8 Å². The van der Waals surface area contributed by atoms with Crippen LogP contribution in [0.25, 0.3) is 6.08 Å². The first-order chi connectivity index (χ1) is 9.06. The zero-order valence-corrected chi connectivity index (χ0v) is 10.6. The third-order valence-corrected chi connectivity index (χ3v) is 2.35. The molecule has 0 heterocycles. The van der Waals surface area contributed by atoms with Crippen LogP contribution >= 0.6 is 0 Å². The second-order valence-electron chi connectivity index (χ2n) is 3.76. The summed E-state index contributed by atoms with van der Waals surface area (Å²) in [5, 5.41) is 2.39. The summed E-state index contributed by atoms with van der Waals surface area (Å²) in [7, 11) is 0. The van der Waals surface area contributed by atoms with E-state index < -0.39 is 17.8 Å². The van der Waals surface area contributed by atoms with Crippen molar-refractivity contribution in [2.45, 2.75) is 6.92 Å². The lowest BCUT2D eigenvalue weighted by Gasteiger charge is -2.17. The lowest BCUT2D eigenvalue weighted by atomic mass is 10.2. The number of halogens is 1. The van der Waals surface area contributed by atoms with E-state index in [4.69, 9.17) is 5.73 Å². The van der Waals surface area contributed by atoms with Gasteiger partial charge in [0.15, 0.2) is 0 Å². The number of nitrogens with zero attached hydrogens (tertiary/aromatic N) is 1. The molecular weight excluding hydrogens is 249 g/mol. The van der Waals surface area contributed by atoms with Crippen molar-refractivity contribution >= 4 is 18.0 Å². The predicted octanol–water partition coefficient (Wildman–Crippen LogP) is 1.31. The molecule has 102 valence electrons. The molecule has 1 aromatic carbocycles. The van der Waals surface area contributed by atoms with E-state index in [9.17, 15) is 14.0 Å². The second kappa shape index (κ2) is 7.27. The quantitative estimate of drug-likeness (QED) is 0.862. The molecule has 19 heavy (non-hydrogen) atoms. The van der Waals surface area contributed by atoms with E-state index in [2.05, 4.69) is 5.32 Å². The Balaban J connectivity index is 2.63. The van der Waals surface area contributed by atoms with E-state index in [1.807, 2.05) is 0 Å². The first-order valence-electron chi connectivity index (χ1n) is 5.76. The van der Waals surface area contributed by atoms with Crippen molar-refractivity contribution in [3.8, 4) is 0 Å². The van der Waals surface area contributed by atoms with Gasteiger partial charge in [-0.1, -0.05) is 18.2 Å². The fourth-order valence-corrected chi connectivity index (χ4v) is 1.42. The zero-order chi connectivity index (χ0) is 14.3. The molecule has 6 heteroatoms. The van der Waals surface area contributed by atoms with Crippen LogP contribution < -0.4 is 11.1 Å². The van der Waals surface area contributed by atoms with Gasteiger partial charge in [0.1, 0.15) is 5.82 Å². The highest BCUT2D eigenvalue weighted by Crippen LogP contribution is 2.07. The molecule has 0 saturated carbocycles. The van der Waals surface area contributed by atoms with Gasteiger partial charge in [0, 0.05) is 31.8 Å². The highest BCUT2D eigenvalue weighted by Gasteiger charge is 2.15. The molecule has 0 aliphatic carbocycles. The average Bonchev–Trinajstić information content (AvgIpc) is 2.37. The monoisotopic (exact) mass is 265 g/mol. The van der Waals surface area contributed by atoms with Crippen LogP contribution in [0.4, 0.5) is 9.18 Å². The number of imide groups is 1. The van der Waals surface area contributed by atoms with Crippen LogP contribution in [-0.4, -0.2) is 29.9 Å². The Bertz CT molecular complexity index is 489. The number of rotatable bonds is 4. The smallest absolute Gasteiger partial charge is 0.328 e. The van der Waals surface area contributed by atoms with Crippen LogP contribution in [0.5, 0.6) is 0 Å². The fourth-order valence-electron chi connectivity index (χ4n) is 1.42. The highest BCUT2D eigenvalue weighted by molar-refractivity contribution is 5.93. The van der Waals surface area contributed by atoms with Gasteiger partial charge in [-0.2, -0.15) is 0 Å². The molecular formula is C13H16FN3O2. The summed E-state index contributed by atoms with van der Waals surface area (Å²) in [6.07, 6.45) is 2.70. The van der Waals surface area contributed by atoms with Crippen LogP contribution in [0.1, 0.15) is 12.5 Å². The molecule has 0 aliphatic rings. The molecule has 0 radical (unpaired) electrons. The largest absolute Gasteiger partial charge is 0.329 e. The van der Waals surface area contributed by atoms with Gasteiger partial charge in [-0.3, -0.25) is 9.69 Å². The summed E-state index contributed by atoms with van der Waals surface area (Å²) in [5.74, 6) is -0.791. The third-order valence-electron chi connectivity index (χ3n) is 2.35. The van der Waals surface area contributed by atoms with Gasteiger partial charge in [0.25, 0.3) is 0 Å². The molecule has 0 spiro atoms. The first kappa shape index (κ1) is 14.8. The van der Waals surface area contributed by atoms with Gasteiger partial charge in [-0.05, 0) is 12.1 Å². The summed E-state index contributed by atoms with van der Waals surface area (Å²) >= 11 is 0. The minimum absolute atomic E-state index is 0.134. The van der Waals surface area contributed by atoms with E-state index in [0.717, 1.165) is 4.90 Å². The van der Waals surface area contributed by atoms with Crippen molar-refractivity contribution < 1.29 is 14.0 Å². The Morgan fingerprint density at radius 2 is 2.11 bits per heavy atom. The van der Waals surface area contributed by atoms with Crippen molar-refractivity contribution in [3.63, 3.8) is 0 Å². The number of carbonyl (C=O) groups is 2. The number of urea groups is 1. The summed E-state index contributed by atoms with van der Waals surface area (Å²) < 4.78 is 13.3. The van der Waals surface area contributed by atoms with Crippen molar-refractivity contribution in [2.24, 2.45) is 5.73 Å². The molecule has 3 N–H and O–H groups in total. The molecule has 3 amide bonds. The molecule has 5 nitrogen and oxygen atoms in total. The molecule has 0 aliphatic heterocycles. The number of nitrogens with two attached hydrogens (primary N) is 1. The minimum Gasteiger partial charge on any atom is -0.329 e. The van der Waals surface area contributed by atoms with E-state index >= 15 is 0 Å². The summed E-state index contributed by atoms with van der Waals surface area (Å²) in [5.41, 5.74) is 5.65. The van der Waals surface area contributed by atoms with Crippen LogP contribution in [0.3, 0.4) is 0 Å². The average molecular weight is 265 g/mol. The van der Waals surface area contributed by atoms with Gasteiger partial charge in [0.2, 0.25) is 5.91 Å². The number of benzene rings is 1. The molecule has 1 aromatic rings.